The van der Waals surface area contributed by atoms with Crippen molar-refractivity contribution >= 4 is 17.9 Å². The summed E-state index contributed by atoms with van der Waals surface area (Å²) in [6.45, 7) is 4.97. The van der Waals surface area contributed by atoms with E-state index in [0.29, 0.717) is 17.4 Å². The van der Waals surface area contributed by atoms with Crippen LogP contribution in [-0.4, -0.2) is 87.4 Å². The van der Waals surface area contributed by atoms with Gasteiger partial charge in [0.15, 0.2) is 6.10 Å². The van der Waals surface area contributed by atoms with Crippen LogP contribution in [0.1, 0.15) is 495 Å². The van der Waals surface area contributed by atoms with E-state index in [1.807, 2.05) is 21.1 Å². The number of carbonyl (C=O) groups excluding carboxylic acids is 2. The third-order valence-corrected chi connectivity index (χ3v) is 21.5. The standard InChI is InChI=1S/C93H179NO8/c1-6-8-10-12-14-16-18-20-22-24-26-28-30-32-34-36-38-40-42-44-45-46-47-48-50-52-54-56-58-60-62-64-66-68-70-72-74-76-78-80-82-84-91(96)102-89(88-101-93(92(97)98)99-86-85-94(3,4)5)87-100-90(95)83-81-79-77-75-73-71-69-67-65-63-61-59-57-55-53-51-49-43-41-39-37-35-33-31-29-27-25-23-21-19-17-15-13-11-9-7-2/h18,20,24,26,89,93H,6-17,19,21-23,25,27-88H2,1-5H3/p+1/b20-18-,26-24-. The zero-order valence-corrected chi connectivity index (χ0v) is 69.6. The largest absolute Gasteiger partial charge is 0.477 e. The molecular formula is C93H180NO8+. The van der Waals surface area contributed by atoms with E-state index in [1.54, 1.807) is 0 Å². The second-order valence-electron chi connectivity index (χ2n) is 33.0. The van der Waals surface area contributed by atoms with Crippen LogP contribution < -0.4 is 0 Å². The summed E-state index contributed by atoms with van der Waals surface area (Å²) in [5.41, 5.74) is 0. The van der Waals surface area contributed by atoms with Gasteiger partial charge in [0.25, 0.3) is 6.29 Å². The molecule has 0 saturated heterocycles. The smallest absolute Gasteiger partial charge is 0.361 e. The number of unbranched alkanes of at least 4 members (excludes halogenated alkanes) is 69. The maximum Gasteiger partial charge on any atom is 0.361 e. The Balaban J connectivity index is 3.87. The number of rotatable bonds is 88. The summed E-state index contributed by atoms with van der Waals surface area (Å²) in [5, 5.41) is 9.80. The van der Waals surface area contributed by atoms with Crippen LogP contribution in [0.4, 0.5) is 0 Å². The normalized spacial score (nSPS) is 12.6. The van der Waals surface area contributed by atoms with Gasteiger partial charge in [-0.25, -0.2) is 4.79 Å². The number of esters is 2. The van der Waals surface area contributed by atoms with Gasteiger partial charge in [0.2, 0.25) is 0 Å². The van der Waals surface area contributed by atoms with Crippen molar-refractivity contribution in [3.63, 3.8) is 0 Å². The summed E-state index contributed by atoms with van der Waals surface area (Å²) in [6.07, 6.45) is 107. The molecule has 0 spiro atoms. The van der Waals surface area contributed by atoms with Crippen LogP contribution in [0, 0.1) is 0 Å². The molecule has 0 amide bonds. The summed E-state index contributed by atoms with van der Waals surface area (Å²) in [4.78, 5) is 37.8. The lowest BCUT2D eigenvalue weighted by molar-refractivity contribution is -0.870. The molecule has 0 bridgehead atoms. The van der Waals surface area contributed by atoms with Crippen molar-refractivity contribution in [3.8, 4) is 0 Å². The van der Waals surface area contributed by atoms with Crippen LogP contribution in [0.3, 0.4) is 0 Å². The fourth-order valence-corrected chi connectivity index (χ4v) is 14.5. The number of quaternary nitrogens is 1. The summed E-state index contributed by atoms with van der Waals surface area (Å²) in [5.74, 6) is -1.96. The van der Waals surface area contributed by atoms with Crippen molar-refractivity contribution in [2.24, 2.45) is 0 Å². The highest BCUT2D eigenvalue weighted by Crippen LogP contribution is 2.22. The molecular weight excluding hydrogens is 1260 g/mol. The van der Waals surface area contributed by atoms with Crippen LogP contribution in [0.2, 0.25) is 0 Å². The predicted molar refractivity (Wildman–Crippen MR) is 443 cm³/mol. The maximum absolute atomic E-state index is 13.0. The Bertz CT molecular complexity index is 1730. The topological polar surface area (TPSA) is 108 Å². The second-order valence-corrected chi connectivity index (χ2v) is 33.0. The minimum atomic E-state index is -1.51. The number of likely N-dealkylation sites (N-methyl/N-ethyl adjacent to an activating group) is 1. The van der Waals surface area contributed by atoms with E-state index in [4.69, 9.17) is 18.9 Å². The average Bonchev–Trinajstić information content (AvgIpc) is 0.999. The van der Waals surface area contributed by atoms with Crippen molar-refractivity contribution in [2.75, 3.05) is 47.5 Å². The zero-order valence-electron chi connectivity index (χ0n) is 69.6. The van der Waals surface area contributed by atoms with E-state index in [2.05, 4.69) is 38.2 Å². The first-order chi connectivity index (χ1) is 50.1. The van der Waals surface area contributed by atoms with Crippen molar-refractivity contribution in [1.82, 2.24) is 0 Å². The molecule has 0 radical (unpaired) electrons. The molecule has 0 heterocycles. The van der Waals surface area contributed by atoms with E-state index < -0.39 is 18.4 Å². The number of allylic oxidation sites excluding steroid dienone is 4. The molecule has 1 N–H and O–H groups in total. The van der Waals surface area contributed by atoms with Crippen LogP contribution in [0.15, 0.2) is 24.3 Å². The van der Waals surface area contributed by atoms with Gasteiger partial charge in [-0.05, 0) is 44.9 Å². The Labute approximate surface area is 637 Å². The van der Waals surface area contributed by atoms with Crippen molar-refractivity contribution in [1.29, 1.82) is 0 Å². The number of hydrogen-bond donors (Lipinski definition) is 1. The molecule has 0 rings (SSSR count). The SMILES string of the molecule is CCCCCCC/C=C\C/C=C\CCCCCCCCCCCCCCCCCCCCCCCCCCCCCCCC(=O)OC(COC(=O)CCCCCCCCCCCCCCCCCCCCCCCCCCCCCCCCCCCCCC)COC(OCC[N+](C)(C)C)C(=O)O. The molecule has 0 aliphatic heterocycles. The summed E-state index contributed by atoms with van der Waals surface area (Å²) >= 11 is 0. The van der Waals surface area contributed by atoms with E-state index >= 15 is 0 Å². The van der Waals surface area contributed by atoms with Gasteiger partial charge in [0.05, 0.1) is 34.4 Å². The Morgan fingerprint density at radius 2 is 0.529 bits per heavy atom. The minimum Gasteiger partial charge on any atom is -0.477 e. The zero-order chi connectivity index (χ0) is 73.9. The third-order valence-electron chi connectivity index (χ3n) is 21.5. The Kier molecular flexibility index (Phi) is 82.5. The Hall–Kier alpha value is -2.23. The highest BCUT2D eigenvalue weighted by molar-refractivity contribution is 5.71. The molecule has 604 valence electrons. The molecule has 0 aliphatic carbocycles. The van der Waals surface area contributed by atoms with E-state index in [0.717, 1.165) is 44.9 Å². The first kappa shape index (κ1) is 99.8. The number of carboxylic acids is 1. The number of hydrogen-bond acceptors (Lipinski definition) is 7. The monoisotopic (exact) mass is 1440 g/mol. The minimum absolute atomic E-state index is 0.173. The molecule has 2 atom stereocenters. The molecule has 0 aromatic heterocycles. The van der Waals surface area contributed by atoms with Crippen molar-refractivity contribution in [2.45, 2.75) is 508 Å². The lowest BCUT2D eigenvalue weighted by Gasteiger charge is -2.25. The number of nitrogens with zero attached hydrogens (tertiary/aromatic N) is 1. The molecule has 9 nitrogen and oxygen atoms in total. The van der Waals surface area contributed by atoms with Gasteiger partial charge in [-0.1, -0.05) is 462 Å². The fourth-order valence-electron chi connectivity index (χ4n) is 14.5. The molecule has 0 fully saturated rings. The summed E-state index contributed by atoms with van der Waals surface area (Å²) in [7, 11) is 6.01. The van der Waals surface area contributed by atoms with Crippen molar-refractivity contribution < 1.29 is 42.9 Å². The number of aliphatic carboxylic acids is 1. The van der Waals surface area contributed by atoms with Crippen LogP contribution in [0.25, 0.3) is 0 Å². The van der Waals surface area contributed by atoms with Gasteiger partial charge in [-0.3, -0.25) is 9.59 Å². The predicted octanol–water partition coefficient (Wildman–Crippen LogP) is 30.0. The Morgan fingerprint density at radius 1 is 0.294 bits per heavy atom. The van der Waals surface area contributed by atoms with Gasteiger partial charge in [0.1, 0.15) is 13.2 Å². The average molecular weight is 1440 g/mol. The Morgan fingerprint density at radius 3 is 0.775 bits per heavy atom. The number of carboxylic acid groups (broad SMARTS) is 1. The van der Waals surface area contributed by atoms with Gasteiger partial charge < -0.3 is 28.5 Å². The van der Waals surface area contributed by atoms with Crippen LogP contribution in [0.5, 0.6) is 0 Å². The molecule has 2 unspecified atom stereocenters. The molecule has 102 heavy (non-hydrogen) atoms. The van der Waals surface area contributed by atoms with Gasteiger partial charge in [-0.2, -0.15) is 0 Å². The molecule has 0 saturated carbocycles. The van der Waals surface area contributed by atoms with Crippen LogP contribution in [-0.2, 0) is 33.3 Å². The van der Waals surface area contributed by atoms with Gasteiger partial charge >= 0.3 is 17.9 Å². The molecule has 9 heteroatoms. The van der Waals surface area contributed by atoms with E-state index in [-0.39, 0.29) is 38.2 Å². The summed E-state index contributed by atoms with van der Waals surface area (Å²) in [6, 6.07) is 0. The van der Waals surface area contributed by atoms with Gasteiger partial charge in [0, 0.05) is 12.8 Å². The summed E-state index contributed by atoms with van der Waals surface area (Å²) < 4.78 is 23.1. The molecule has 0 aromatic rings. The van der Waals surface area contributed by atoms with Crippen molar-refractivity contribution in [3.05, 3.63) is 24.3 Å². The first-order valence-corrected chi connectivity index (χ1v) is 46.0. The molecule has 0 aliphatic rings. The van der Waals surface area contributed by atoms with E-state index in [9.17, 15) is 19.5 Å². The van der Waals surface area contributed by atoms with Gasteiger partial charge in [-0.15, -0.1) is 0 Å². The quantitative estimate of drug-likeness (QED) is 0.0211. The molecule has 0 aromatic carbocycles. The first-order valence-electron chi connectivity index (χ1n) is 46.0. The van der Waals surface area contributed by atoms with E-state index in [1.165, 1.54) is 424 Å². The number of ether oxygens (including phenoxy) is 4. The lowest BCUT2D eigenvalue weighted by Crippen LogP contribution is -2.40. The third kappa shape index (κ3) is 85.0. The van der Waals surface area contributed by atoms with Crippen LogP contribution >= 0.6 is 0 Å². The highest BCUT2D eigenvalue weighted by Gasteiger charge is 2.25. The second kappa shape index (κ2) is 84.4. The maximum atomic E-state index is 13.0. The fraction of sp³-hybridized carbons (Fsp3) is 0.925. The number of carbonyl (C=O) groups is 3. The lowest BCUT2D eigenvalue weighted by atomic mass is 10.0. The highest BCUT2D eigenvalue weighted by atomic mass is 16.7.